The van der Waals surface area contributed by atoms with Gasteiger partial charge in [0.05, 0.1) is 24.3 Å². The van der Waals surface area contributed by atoms with Crippen molar-refractivity contribution in [3.05, 3.63) is 34.5 Å². The molecule has 128 valence electrons. The predicted octanol–water partition coefficient (Wildman–Crippen LogP) is 1.64. The van der Waals surface area contributed by atoms with Crippen molar-refractivity contribution in [3.8, 4) is 0 Å². The van der Waals surface area contributed by atoms with Crippen molar-refractivity contribution >= 4 is 23.3 Å². The third-order valence-electron chi connectivity index (χ3n) is 3.88. The molecular formula is C14H15F3N5OS+. The Kier molecular flexibility index (Phi) is 4.39. The van der Waals surface area contributed by atoms with Gasteiger partial charge in [0.1, 0.15) is 24.2 Å². The third kappa shape index (κ3) is 3.32. The van der Waals surface area contributed by atoms with Gasteiger partial charge in [0.25, 0.3) is 11.7 Å². The van der Waals surface area contributed by atoms with Gasteiger partial charge in [-0.3, -0.25) is 9.69 Å². The fourth-order valence-electron chi connectivity index (χ4n) is 2.51. The standard InChI is InChI=1S/C14H14F3N5OS/c1-9-12(24-20-19-9)13(23)22-6-4-21(5-7-22)11-3-2-10(8-18-11)14(15,16)17/h2-3,8H,4-7H2,1H3/p+1. The molecule has 6 nitrogen and oxygen atoms in total. The molecule has 1 N–H and O–H groups in total. The van der Waals surface area contributed by atoms with Crippen LogP contribution in [-0.2, 0) is 6.18 Å². The molecule has 1 amide bonds. The fraction of sp³-hybridized carbons (Fsp3) is 0.429. The van der Waals surface area contributed by atoms with E-state index in [-0.39, 0.29) is 5.91 Å². The van der Waals surface area contributed by atoms with Crippen molar-refractivity contribution in [2.45, 2.75) is 13.1 Å². The van der Waals surface area contributed by atoms with E-state index >= 15 is 0 Å². The second kappa shape index (κ2) is 6.34. The van der Waals surface area contributed by atoms with Crippen molar-refractivity contribution in [3.63, 3.8) is 0 Å². The minimum Gasteiger partial charge on any atom is -0.330 e. The first-order valence-corrected chi connectivity index (χ1v) is 8.05. The summed E-state index contributed by atoms with van der Waals surface area (Å²) in [7, 11) is 0. The first-order valence-electron chi connectivity index (χ1n) is 7.28. The number of pyridine rings is 1. The largest absolute Gasteiger partial charge is 0.419 e. The highest BCUT2D eigenvalue weighted by Crippen LogP contribution is 2.28. The second-order valence-corrected chi connectivity index (χ2v) is 6.18. The number of carbonyl (C=O) groups excluding carboxylic acids is 1. The molecule has 0 saturated carbocycles. The normalized spacial score (nSPS) is 15.7. The van der Waals surface area contributed by atoms with Gasteiger partial charge in [-0.1, -0.05) is 4.49 Å². The number of nitrogens with one attached hydrogen (secondary N) is 1. The molecule has 24 heavy (non-hydrogen) atoms. The van der Waals surface area contributed by atoms with E-state index in [2.05, 4.69) is 14.6 Å². The Hall–Kier alpha value is -2.23. The Labute approximate surface area is 140 Å². The van der Waals surface area contributed by atoms with Gasteiger partial charge in [-0.05, 0) is 24.5 Å². The van der Waals surface area contributed by atoms with E-state index in [1.54, 1.807) is 11.8 Å². The molecule has 1 fully saturated rings. The topological polar surface area (TPSA) is 63.5 Å². The molecular weight excluding hydrogens is 343 g/mol. The Balaban J connectivity index is 1.63. The van der Waals surface area contributed by atoms with Gasteiger partial charge < -0.3 is 4.90 Å². The maximum Gasteiger partial charge on any atom is 0.419 e. The lowest BCUT2D eigenvalue weighted by Gasteiger charge is -2.30. The second-order valence-electron chi connectivity index (χ2n) is 5.43. The summed E-state index contributed by atoms with van der Waals surface area (Å²) in [5.41, 5.74) is -0.100. The average Bonchev–Trinajstić information content (AvgIpc) is 3.00. The number of nitrogens with zero attached hydrogens (tertiary/aromatic N) is 4. The van der Waals surface area contributed by atoms with E-state index in [0.717, 1.165) is 23.8 Å². The third-order valence-corrected chi connectivity index (χ3v) is 4.69. The lowest BCUT2D eigenvalue weighted by atomic mass is 10.2. The molecule has 0 bridgehead atoms. The molecule has 0 aromatic carbocycles. The average molecular weight is 358 g/mol. The minimum atomic E-state index is -4.36. The van der Waals surface area contributed by atoms with Crippen LogP contribution in [0.15, 0.2) is 18.3 Å². The van der Waals surface area contributed by atoms with Crippen LogP contribution in [0, 0.1) is 6.92 Å². The molecule has 3 rings (SSSR count). The van der Waals surface area contributed by atoms with E-state index in [1.807, 2.05) is 4.90 Å². The van der Waals surface area contributed by atoms with Gasteiger partial charge in [0.2, 0.25) is 0 Å². The Morgan fingerprint density at radius 1 is 1.25 bits per heavy atom. The predicted molar refractivity (Wildman–Crippen MR) is 80.8 cm³/mol. The smallest absolute Gasteiger partial charge is 0.330 e. The zero-order valence-corrected chi connectivity index (χ0v) is 13.6. The summed E-state index contributed by atoms with van der Waals surface area (Å²) in [6.45, 7) is 3.80. The number of H-pyrrole nitrogens is 1. The molecule has 0 radical (unpaired) electrons. The highest BCUT2D eigenvalue weighted by molar-refractivity contribution is 7.07. The van der Waals surface area contributed by atoms with E-state index < -0.39 is 11.7 Å². The van der Waals surface area contributed by atoms with E-state index in [9.17, 15) is 18.0 Å². The Morgan fingerprint density at radius 2 is 1.96 bits per heavy atom. The number of anilines is 1. The maximum absolute atomic E-state index is 12.6. The molecule has 0 aliphatic carbocycles. The number of aromatic nitrogens is 3. The summed E-state index contributed by atoms with van der Waals surface area (Å²) < 4.78 is 41.5. The molecule has 2 aromatic heterocycles. The Morgan fingerprint density at radius 3 is 2.46 bits per heavy atom. The van der Waals surface area contributed by atoms with Crippen LogP contribution in [0.2, 0.25) is 0 Å². The molecule has 1 aliphatic heterocycles. The summed E-state index contributed by atoms with van der Waals surface area (Å²) in [6, 6.07) is 2.47. The quantitative estimate of drug-likeness (QED) is 0.819. The molecule has 10 heteroatoms. The number of aromatic amines is 1. The van der Waals surface area contributed by atoms with Crippen molar-refractivity contribution < 1.29 is 22.9 Å². The summed E-state index contributed by atoms with van der Waals surface area (Å²) >= 11 is 1.07. The monoisotopic (exact) mass is 358 g/mol. The lowest BCUT2D eigenvalue weighted by molar-refractivity contribution is -0.367. The van der Waals surface area contributed by atoms with Gasteiger partial charge in [0.15, 0.2) is 0 Å². The van der Waals surface area contributed by atoms with Crippen LogP contribution in [0.3, 0.4) is 0 Å². The number of hydrogen-bond acceptors (Lipinski definition) is 5. The van der Waals surface area contributed by atoms with Gasteiger partial charge in [-0.2, -0.15) is 13.2 Å². The van der Waals surface area contributed by atoms with E-state index in [0.29, 0.717) is 42.6 Å². The van der Waals surface area contributed by atoms with Crippen LogP contribution in [0.4, 0.5) is 19.0 Å². The first-order chi connectivity index (χ1) is 11.4. The first kappa shape index (κ1) is 16.6. The molecule has 3 heterocycles. The van der Waals surface area contributed by atoms with Gasteiger partial charge in [-0.15, -0.1) is 5.10 Å². The number of carbonyl (C=O) groups is 1. The summed E-state index contributed by atoms with van der Waals surface area (Å²) in [4.78, 5) is 19.2. The van der Waals surface area contributed by atoms with Gasteiger partial charge in [0, 0.05) is 6.07 Å². The maximum atomic E-state index is 12.6. The molecule has 0 atom stereocenters. The molecule has 1 aliphatic rings. The number of hydrogen-bond donors (Lipinski definition) is 0. The molecule has 0 spiro atoms. The van der Waals surface area contributed by atoms with Crippen LogP contribution >= 0.6 is 11.5 Å². The number of amides is 1. The number of aryl methyl sites for hydroxylation is 1. The van der Waals surface area contributed by atoms with E-state index in [1.165, 1.54) is 6.07 Å². The summed E-state index contributed by atoms with van der Waals surface area (Å²) in [5, 5.41) is 3.84. The highest BCUT2D eigenvalue weighted by atomic mass is 32.1. The van der Waals surface area contributed by atoms with Crippen LogP contribution in [0.5, 0.6) is 0 Å². The van der Waals surface area contributed by atoms with E-state index in [4.69, 9.17) is 0 Å². The summed E-state index contributed by atoms with van der Waals surface area (Å²) in [5.74, 6) is 0.504. The molecule has 1 saturated heterocycles. The fourth-order valence-corrected chi connectivity index (χ4v) is 3.14. The number of alkyl halides is 3. The number of piperazine rings is 1. The SMILES string of the molecule is Cc1nnsc1C(=O)N1CCN(c2ccc(C(F)(F)F)c[nH+]2)CC1. The van der Waals surface area contributed by atoms with Gasteiger partial charge in [-0.25, -0.2) is 4.98 Å². The van der Waals surface area contributed by atoms with Crippen molar-refractivity contribution in [2.75, 3.05) is 31.1 Å². The zero-order chi connectivity index (χ0) is 17.3. The highest BCUT2D eigenvalue weighted by Gasteiger charge is 2.33. The van der Waals surface area contributed by atoms with Crippen molar-refractivity contribution in [2.24, 2.45) is 0 Å². The lowest BCUT2D eigenvalue weighted by Crippen LogP contribution is -2.50. The van der Waals surface area contributed by atoms with Crippen LogP contribution in [0.25, 0.3) is 0 Å². The van der Waals surface area contributed by atoms with Crippen molar-refractivity contribution in [1.82, 2.24) is 14.5 Å². The van der Waals surface area contributed by atoms with Crippen molar-refractivity contribution in [1.29, 1.82) is 0 Å². The van der Waals surface area contributed by atoms with Gasteiger partial charge >= 0.3 is 6.18 Å². The molecule has 2 aromatic rings. The van der Waals surface area contributed by atoms with Crippen LogP contribution < -0.4 is 9.88 Å². The summed E-state index contributed by atoms with van der Waals surface area (Å²) in [6.07, 6.45) is -3.40. The van der Waals surface area contributed by atoms with Crippen LogP contribution in [-0.4, -0.2) is 46.6 Å². The van der Waals surface area contributed by atoms with Crippen LogP contribution in [0.1, 0.15) is 20.9 Å². The minimum absolute atomic E-state index is 0.0986. The molecule has 0 unspecified atom stereocenters. The number of halogens is 3. The zero-order valence-electron chi connectivity index (χ0n) is 12.8. The number of rotatable bonds is 2. The Bertz CT molecular complexity index is 723.